The Labute approximate surface area is 110 Å². The van der Waals surface area contributed by atoms with Crippen LogP contribution in [0.25, 0.3) is 5.57 Å². The van der Waals surface area contributed by atoms with Crippen molar-refractivity contribution in [3.63, 3.8) is 0 Å². The molecule has 1 saturated heterocycles. The fraction of sp³-hybridized carbons (Fsp3) is 0.412. The Bertz CT molecular complexity index is 416. The van der Waals surface area contributed by atoms with Crippen LogP contribution < -0.4 is 0 Å². The van der Waals surface area contributed by atoms with E-state index >= 15 is 0 Å². The first kappa shape index (κ1) is 13.1. The van der Waals surface area contributed by atoms with Gasteiger partial charge in [-0.2, -0.15) is 0 Å². The Morgan fingerprint density at radius 3 is 2.61 bits per heavy atom. The van der Waals surface area contributed by atoms with Gasteiger partial charge in [0.25, 0.3) is 0 Å². The summed E-state index contributed by atoms with van der Waals surface area (Å²) in [5.74, 6) is 1.44. The summed E-state index contributed by atoms with van der Waals surface area (Å²) in [6, 6.07) is 10.6. The maximum atomic E-state index is 5.63. The Morgan fingerprint density at radius 2 is 2.00 bits per heavy atom. The molecule has 18 heavy (non-hydrogen) atoms. The van der Waals surface area contributed by atoms with Crippen LogP contribution in [0.5, 0.6) is 0 Å². The monoisotopic (exact) mass is 242 g/mol. The second-order valence-corrected chi connectivity index (χ2v) is 5.28. The molecule has 1 aliphatic rings. The van der Waals surface area contributed by atoms with Crippen LogP contribution in [0.4, 0.5) is 0 Å². The third kappa shape index (κ3) is 2.91. The summed E-state index contributed by atoms with van der Waals surface area (Å²) in [7, 11) is 0. The molecule has 0 bridgehead atoms. The van der Waals surface area contributed by atoms with Crippen molar-refractivity contribution < 1.29 is 4.74 Å². The Hall–Kier alpha value is -1.34. The van der Waals surface area contributed by atoms with Gasteiger partial charge in [0, 0.05) is 11.8 Å². The fourth-order valence-corrected chi connectivity index (χ4v) is 2.55. The molecule has 1 aromatic rings. The van der Waals surface area contributed by atoms with Gasteiger partial charge in [-0.25, -0.2) is 0 Å². The molecule has 0 N–H and O–H groups in total. The third-order valence-corrected chi connectivity index (χ3v) is 3.45. The molecule has 1 fully saturated rings. The number of ether oxygens (including phenoxy) is 1. The van der Waals surface area contributed by atoms with Crippen molar-refractivity contribution in [3.05, 3.63) is 54.6 Å². The average molecular weight is 242 g/mol. The predicted molar refractivity (Wildman–Crippen MR) is 77.3 cm³/mol. The lowest BCUT2D eigenvalue weighted by atomic mass is 9.83. The Morgan fingerprint density at radius 1 is 1.28 bits per heavy atom. The average Bonchev–Trinajstić information content (AvgIpc) is 2.85. The lowest BCUT2D eigenvalue weighted by Crippen LogP contribution is -2.12. The van der Waals surface area contributed by atoms with E-state index in [1.54, 1.807) is 0 Å². The fourth-order valence-electron chi connectivity index (χ4n) is 2.55. The molecule has 1 heteroatoms. The summed E-state index contributed by atoms with van der Waals surface area (Å²) in [5.41, 5.74) is 2.72. The zero-order chi connectivity index (χ0) is 13.0. The van der Waals surface area contributed by atoms with Gasteiger partial charge in [0.15, 0.2) is 0 Å². The first-order valence-corrected chi connectivity index (χ1v) is 6.69. The second kappa shape index (κ2) is 6.01. The number of rotatable bonds is 4. The lowest BCUT2D eigenvalue weighted by Gasteiger charge is -2.20. The molecule has 1 aromatic carbocycles. The summed E-state index contributed by atoms with van der Waals surface area (Å²) < 4.78 is 5.63. The molecule has 1 nitrogen and oxygen atoms in total. The van der Waals surface area contributed by atoms with Crippen LogP contribution in [0.3, 0.4) is 0 Å². The van der Waals surface area contributed by atoms with Crippen LogP contribution in [-0.2, 0) is 4.74 Å². The SMILES string of the molecule is C=C[C@H]1COC[C@H]1/C(=C\C(C)C)c1ccccc1. The van der Waals surface area contributed by atoms with Gasteiger partial charge in [-0.15, -0.1) is 6.58 Å². The molecule has 0 radical (unpaired) electrons. The minimum Gasteiger partial charge on any atom is -0.380 e. The molecule has 0 saturated carbocycles. The number of benzene rings is 1. The van der Waals surface area contributed by atoms with Crippen LogP contribution in [-0.4, -0.2) is 13.2 Å². The van der Waals surface area contributed by atoms with Crippen molar-refractivity contribution in [2.45, 2.75) is 13.8 Å². The molecule has 0 spiro atoms. The maximum absolute atomic E-state index is 5.63. The summed E-state index contributed by atoms with van der Waals surface area (Å²) in [6.07, 6.45) is 4.40. The van der Waals surface area contributed by atoms with E-state index < -0.39 is 0 Å². The van der Waals surface area contributed by atoms with Crippen molar-refractivity contribution in [2.24, 2.45) is 17.8 Å². The highest BCUT2D eigenvalue weighted by atomic mass is 16.5. The van der Waals surface area contributed by atoms with E-state index in [0.29, 0.717) is 17.8 Å². The molecule has 0 aliphatic carbocycles. The standard InChI is InChI=1S/C17H22O/c1-4-14-11-18-12-17(14)16(10-13(2)3)15-8-6-5-7-9-15/h4-10,13-14,17H,1,11-12H2,2-3H3/b16-10-/t14-,17+/m0/s1. The zero-order valence-electron chi connectivity index (χ0n) is 11.3. The van der Waals surface area contributed by atoms with Crippen molar-refractivity contribution >= 4 is 5.57 Å². The molecule has 0 amide bonds. The predicted octanol–water partition coefficient (Wildman–Crippen LogP) is 4.17. The Balaban J connectivity index is 2.35. The lowest BCUT2D eigenvalue weighted by molar-refractivity contribution is 0.187. The van der Waals surface area contributed by atoms with Gasteiger partial charge in [-0.1, -0.05) is 56.3 Å². The smallest absolute Gasteiger partial charge is 0.0541 e. The van der Waals surface area contributed by atoms with E-state index in [0.717, 1.165) is 13.2 Å². The molecule has 2 atom stereocenters. The van der Waals surface area contributed by atoms with E-state index in [2.05, 4.69) is 56.8 Å². The quantitative estimate of drug-likeness (QED) is 0.720. The summed E-state index contributed by atoms with van der Waals surface area (Å²) >= 11 is 0. The first-order chi connectivity index (χ1) is 8.72. The molecular weight excluding hydrogens is 220 g/mol. The van der Waals surface area contributed by atoms with Gasteiger partial charge >= 0.3 is 0 Å². The van der Waals surface area contributed by atoms with Gasteiger partial charge in [-0.3, -0.25) is 0 Å². The van der Waals surface area contributed by atoms with Crippen LogP contribution in [0, 0.1) is 17.8 Å². The Kier molecular flexibility index (Phi) is 4.38. The van der Waals surface area contributed by atoms with E-state index in [-0.39, 0.29) is 0 Å². The highest BCUT2D eigenvalue weighted by Crippen LogP contribution is 2.35. The van der Waals surface area contributed by atoms with Gasteiger partial charge < -0.3 is 4.74 Å². The van der Waals surface area contributed by atoms with Gasteiger partial charge in [0.05, 0.1) is 13.2 Å². The molecule has 96 valence electrons. The maximum Gasteiger partial charge on any atom is 0.0541 e. The van der Waals surface area contributed by atoms with Crippen LogP contribution in [0.2, 0.25) is 0 Å². The molecule has 1 aliphatic heterocycles. The normalized spacial score (nSPS) is 24.5. The highest BCUT2D eigenvalue weighted by Gasteiger charge is 2.29. The van der Waals surface area contributed by atoms with Crippen LogP contribution in [0.1, 0.15) is 19.4 Å². The number of hydrogen-bond acceptors (Lipinski definition) is 1. The van der Waals surface area contributed by atoms with Gasteiger partial charge in [0.1, 0.15) is 0 Å². The van der Waals surface area contributed by atoms with E-state index in [9.17, 15) is 0 Å². The largest absolute Gasteiger partial charge is 0.380 e. The molecule has 0 aromatic heterocycles. The first-order valence-electron chi connectivity index (χ1n) is 6.69. The highest BCUT2D eigenvalue weighted by molar-refractivity contribution is 5.68. The van der Waals surface area contributed by atoms with E-state index in [1.165, 1.54) is 11.1 Å². The topological polar surface area (TPSA) is 9.23 Å². The minimum atomic E-state index is 0.440. The van der Waals surface area contributed by atoms with E-state index in [1.807, 2.05) is 6.08 Å². The summed E-state index contributed by atoms with van der Waals surface area (Å²) in [6.45, 7) is 10.0. The third-order valence-electron chi connectivity index (χ3n) is 3.45. The van der Waals surface area contributed by atoms with Crippen molar-refractivity contribution in [2.75, 3.05) is 13.2 Å². The molecule has 0 unspecified atom stereocenters. The second-order valence-electron chi connectivity index (χ2n) is 5.28. The summed E-state index contributed by atoms with van der Waals surface area (Å²) in [4.78, 5) is 0. The van der Waals surface area contributed by atoms with Crippen molar-refractivity contribution in [1.82, 2.24) is 0 Å². The minimum absolute atomic E-state index is 0.440. The van der Waals surface area contributed by atoms with Crippen LogP contribution >= 0.6 is 0 Å². The van der Waals surface area contributed by atoms with Crippen molar-refractivity contribution in [1.29, 1.82) is 0 Å². The van der Waals surface area contributed by atoms with Gasteiger partial charge in [0.2, 0.25) is 0 Å². The van der Waals surface area contributed by atoms with Gasteiger partial charge in [-0.05, 0) is 17.1 Å². The zero-order valence-corrected chi connectivity index (χ0v) is 11.3. The van der Waals surface area contributed by atoms with Crippen molar-refractivity contribution in [3.8, 4) is 0 Å². The number of hydrogen-bond donors (Lipinski definition) is 0. The molecule has 1 heterocycles. The van der Waals surface area contributed by atoms with Crippen LogP contribution in [0.15, 0.2) is 49.1 Å². The molecular formula is C17H22O. The van der Waals surface area contributed by atoms with E-state index in [4.69, 9.17) is 4.74 Å². The number of allylic oxidation sites excluding steroid dienone is 1. The summed E-state index contributed by atoms with van der Waals surface area (Å²) in [5, 5.41) is 0. The molecule has 2 rings (SSSR count).